The lowest BCUT2D eigenvalue weighted by atomic mass is 9.96. The van der Waals surface area contributed by atoms with Crippen LogP contribution in [0.1, 0.15) is 25.7 Å². The maximum Gasteiger partial charge on any atom is 0.232 e. The molecule has 11 nitrogen and oxygen atoms in total. The Morgan fingerprint density at radius 2 is 1.84 bits per heavy atom. The molecular formula is C20H31N7O4S. The number of sulfonamides is 1. The van der Waals surface area contributed by atoms with Gasteiger partial charge in [-0.1, -0.05) is 0 Å². The van der Waals surface area contributed by atoms with Crippen LogP contribution in [-0.4, -0.2) is 91.9 Å². The van der Waals surface area contributed by atoms with Crippen LogP contribution in [0.4, 0.5) is 5.82 Å². The number of piperidine rings is 1. The quantitative estimate of drug-likeness (QED) is 0.606. The van der Waals surface area contributed by atoms with Crippen molar-refractivity contribution in [2.75, 3.05) is 57.0 Å². The molecule has 0 spiro atoms. The number of likely N-dealkylation sites (tertiary alicyclic amines) is 1. The Labute approximate surface area is 188 Å². The lowest BCUT2D eigenvalue weighted by Crippen LogP contribution is -2.59. The molecule has 1 aromatic heterocycles. The molecule has 0 bridgehead atoms. The number of hydroxylamine groups is 1. The highest BCUT2D eigenvalue weighted by molar-refractivity contribution is 7.88. The van der Waals surface area contributed by atoms with Gasteiger partial charge in [-0.25, -0.2) is 23.4 Å². The monoisotopic (exact) mass is 465 g/mol. The molecule has 0 radical (unpaired) electrons. The van der Waals surface area contributed by atoms with Gasteiger partial charge in [0, 0.05) is 45.2 Å². The second-order valence-corrected chi connectivity index (χ2v) is 11.0. The van der Waals surface area contributed by atoms with E-state index in [0.29, 0.717) is 50.5 Å². The first-order chi connectivity index (χ1) is 15.4. The zero-order chi connectivity index (χ0) is 22.2. The maximum atomic E-state index is 11.7. The normalized spacial score (nSPS) is 28.1. The topological polar surface area (TPSA) is 112 Å². The minimum absolute atomic E-state index is 0.361. The number of piperazine rings is 1. The van der Waals surface area contributed by atoms with E-state index in [1.165, 1.54) is 29.8 Å². The number of hydrogen-bond donors (Lipinski definition) is 1. The van der Waals surface area contributed by atoms with Crippen molar-refractivity contribution in [2.24, 2.45) is 16.8 Å². The second-order valence-electron chi connectivity index (χ2n) is 9.06. The van der Waals surface area contributed by atoms with Crippen LogP contribution in [0.5, 0.6) is 5.88 Å². The number of nitrogens with one attached hydrogen (secondary N) is 1. The molecular weight excluding hydrogens is 434 g/mol. The van der Waals surface area contributed by atoms with Gasteiger partial charge in [0.1, 0.15) is 5.82 Å². The predicted molar refractivity (Wildman–Crippen MR) is 119 cm³/mol. The third kappa shape index (κ3) is 4.54. The van der Waals surface area contributed by atoms with E-state index >= 15 is 0 Å². The van der Waals surface area contributed by atoms with E-state index in [0.717, 1.165) is 31.7 Å². The van der Waals surface area contributed by atoms with Crippen LogP contribution in [0.15, 0.2) is 17.4 Å². The molecule has 5 rings (SSSR count). The number of hydrogen-bond acceptors (Lipinski definition) is 10. The minimum atomic E-state index is -3.14. The van der Waals surface area contributed by atoms with Gasteiger partial charge in [-0.15, -0.1) is 5.48 Å². The minimum Gasteiger partial charge on any atom is -0.476 e. The lowest BCUT2D eigenvalue weighted by Gasteiger charge is -2.41. The first kappa shape index (κ1) is 21.8. The highest BCUT2D eigenvalue weighted by Crippen LogP contribution is 2.44. The molecule has 4 heterocycles. The molecule has 176 valence electrons. The molecule has 1 N–H and O–H groups in total. The summed E-state index contributed by atoms with van der Waals surface area (Å²) in [5, 5.41) is 0. The fraction of sp³-hybridized carbons (Fsp3) is 0.750. The number of aromatic nitrogens is 2. The van der Waals surface area contributed by atoms with Crippen molar-refractivity contribution in [3.63, 3.8) is 0 Å². The van der Waals surface area contributed by atoms with Gasteiger partial charge >= 0.3 is 0 Å². The summed E-state index contributed by atoms with van der Waals surface area (Å²) in [6.07, 6.45) is 10.6. The predicted octanol–water partition coefficient (Wildman–Crippen LogP) is 0.276. The van der Waals surface area contributed by atoms with Gasteiger partial charge in [0.25, 0.3) is 0 Å². The van der Waals surface area contributed by atoms with E-state index in [1.54, 1.807) is 12.4 Å². The third-order valence-electron chi connectivity index (χ3n) is 6.87. The molecule has 2 saturated heterocycles. The van der Waals surface area contributed by atoms with Gasteiger partial charge < -0.3 is 14.5 Å². The molecule has 1 aliphatic carbocycles. The van der Waals surface area contributed by atoms with Crippen LogP contribution in [0, 0.1) is 11.8 Å². The summed E-state index contributed by atoms with van der Waals surface area (Å²) < 4.78 is 30.7. The smallest absolute Gasteiger partial charge is 0.232 e. The SMILES string of the molecule is CS(=O)(=O)N1CCN(c2cnc(OCC3CCN(C4(C5CC5)N=CON4)CC3)cn2)CC1. The van der Waals surface area contributed by atoms with Crippen molar-refractivity contribution in [1.82, 2.24) is 24.7 Å². The molecule has 1 atom stereocenters. The van der Waals surface area contributed by atoms with Crippen LogP contribution >= 0.6 is 0 Å². The molecule has 3 aliphatic heterocycles. The Bertz CT molecular complexity index is 924. The van der Waals surface area contributed by atoms with E-state index in [-0.39, 0.29) is 5.79 Å². The summed E-state index contributed by atoms with van der Waals surface area (Å²) >= 11 is 0. The molecule has 3 fully saturated rings. The summed E-state index contributed by atoms with van der Waals surface area (Å²) in [4.78, 5) is 23.2. The van der Waals surface area contributed by atoms with Gasteiger partial charge in [0.05, 0.1) is 25.3 Å². The first-order valence-corrected chi connectivity index (χ1v) is 13.2. The van der Waals surface area contributed by atoms with E-state index in [1.807, 2.05) is 4.90 Å². The van der Waals surface area contributed by atoms with Crippen molar-refractivity contribution in [1.29, 1.82) is 0 Å². The highest BCUT2D eigenvalue weighted by Gasteiger charge is 2.52. The number of ether oxygens (including phenoxy) is 1. The number of rotatable bonds is 7. The Hall–Kier alpha value is -2.02. The maximum absolute atomic E-state index is 11.7. The van der Waals surface area contributed by atoms with Gasteiger partial charge in [-0.3, -0.25) is 4.90 Å². The van der Waals surface area contributed by atoms with Gasteiger partial charge in [0.15, 0.2) is 6.40 Å². The summed E-state index contributed by atoms with van der Waals surface area (Å²) in [6, 6.07) is 0. The molecule has 12 heteroatoms. The molecule has 0 aromatic carbocycles. The summed E-state index contributed by atoms with van der Waals surface area (Å²) in [5.41, 5.74) is 3.13. The van der Waals surface area contributed by atoms with E-state index in [2.05, 4.69) is 25.3 Å². The standard InChI is InChI=1S/C20H31N7O4S/c1-32(28,29)27-10-8-25(9-11-27)18-12-22-19(13-21-18)30-14-16-4-6-26(7-5-16)20(17-2-3-17)23-15-31-24-20/h12-13,15-17,24H,2-11,14H2,1H3. The van der Waals surface area contributed by atoms with Crippen LogP contribution in [-0.2, 0) is 14.9 Å². The van der Waals surface area contributed by atoms with Crippen molar-refractivity contribution < 1.29 is 18.0 Å². The molecule has 1 saturated carbocycles. The Kier molecular flexibility index (Phi) is 5.95. The molecule has 1 aromatic rings. The molecule has 4 aliphatic rings. The van der Waals surface area contributed by atoms with Gasteiger partial charge in [-0.2, -0.15) is 4.31 Å². The first-order valence-electron chi connectivity index (χ1n) is 11.3. The second kappa shape index (κ2) is 8.73. The third-order valence-corrected chi connectivity index (χ3v) is 8.17. The fourth-order valence-electron chi connectivity index (χ4n) is 4.76. The van der Waals surface area contributed by atoms with E-state index in [4.69, 9.17) is 9.57 Å². The van der Waals surface area contributed by atoms with Crippen molar-refractivity contribution in [3.8, 4) is 5.88 Å². The van der Waals surface area contributed by atoms with Gasteiger partial charge in [-0.05, 0) is 31.6 Å². The number of anilines is 1. The van der Waals surface area contributed by atoms with Crippen molar-refractivity contribution in [2.45, 2.75) is 31.5 Å². The molecule has 32 heavy (non-hydrogen) atoms. The number of nitrogens with zero attached hydrogens (tertiary/aromatic N) is 6. The van der Waals surface area contributed by atoms with Crippen LogP contribution in [0.3, 0.4) is 0 Å². The average molecular weight is 466 g/mol. The Balaban J connectivity index is 1.08. The van der Waals surface area contributed by atoms with E-state index in [9.17, 15) is 8.42 Å². The fourth-order valence-corrected chi connectivity index (χ4v) is 5.59. The summed E-state index contributed by atoms with van der Waals surface area (Å²) in [6.45, 7) is 4.68. The summed E-state index contributed by atoms with van der Waals surface area (Å²) in [5.74, 6) is 1.92. The molecule has 0 amide bonds. The Morgan fingerprint density at radius 1 is 1.09 bits per heavy atom. The average Bonchev–Trinajstić information content (AvgIpc) is 3.55. The van der Waals surface area contributed by atoms with Crippen molar-refractivity contribution in [3.05, 3.63) is 12.4 Å². The summed E-state index contributed by atoms with van der Waals surface area (Å²) in [7, 11) is -3.14. The highest BCUT2D eigenvalue weighted by atomic mass is 32.2. The van der Waals surface area contributed by atoms with Gasteiger partial charge in [0.2, 0.25) is 21.7 Å². The van der Waals surface area contributed by atoms with Crippen molar-refractivity contribution >= 4 is 22.2 Å². The number of aliphatic imine (C=N–C) groups is 1. The van der Waals surface area contributed by atoms with Crippen LogP contribution in [0.2, 0.25) is 0 Å². The van der Waals surface area contributed by atoms with E-state index < -0.39 is 10.0 Å². The zero-order valence-electron chi connectivity index (χ0n) is 18.4. The largest absolute Gasteiger partial charge is 0.476 e. The zero-order valence-corrected chi connectivity index (χ0v) is 19.2. The van der Waals surface area contributed by atoms with Crippen LogP contribution < -0.4 is 15.1 Å². The van der Waals surface area contributed by atoms with Crippen LogP contribution in [0.25, 0.3) is 0 Å². The Morgan fingerprint density at radius 3 is 2.41 bits per heavy atom. The molecule has 1 unspecified atom stereocenters. The lowest BCUT2D eigenvalue weighted by molar-refractivity contribution is -0.0442.